The van der Waals surface area contributed by atoms with Crippen molar-refractivity contribution >= 4 is 18.2 Å². The number of hydrogen-bond acceptors (Lipinski definition) is 4. The third-order valence-electron chi connectivity index (χ3n) is 2.76. The monoisotopic (exact) mass is 301 g/mol. The number of carbonyl (C=O) groups excluding carboxylic acids is 1. The molecule has 0 bridgehead atoms. The average molecular weight is 302 g/mol. The molecule has 0 aromatic heterocycles. The van der Waals surface area contributed by atoms with Gasteiger partial charge in [0, 0.05) is 19.0 Å². The van der Waals surface area contributed by atoms with Crippen LogP contribution in [0.3, 0.4) is 0 Å². The molecule has 0 aliphatic heterocycles. The number of methoxy groups -OCH3 is 1. The van der Waals surface area contributed by atoms with Crippen molar-refractivity contribution in [3.63, 3.8) is 0 Å². The first kappa shape index (κ1) is 18.7. The maximum absolute atomic E-state index is 12.0. The molecular formula is C15H24ClNO3. The molecule has 0 unspecified atom stereocenters. The zero-order valence-corrected chi connectivity index (χ0v) is 13.5. The predicted molar refractivity (Wildman–Crippen MR) is 83.5 cm³/mol. The number of ether oxygens (including phenoxy) is 2. The Morgan fingerprint density at radius 2 is 2.00 bits per heavy atom. The number of hydrogen-bond donors (Lipinski definition) is 0. The van der Waals surface area contributed by atoms with Gasteiger partial charge in [-0.2, -0.15) is 0 Å². The second-order valence-corrected chi connectivity index (χ2v) is 4.69. The van der Waals surface area contributed by atoms with E-state index in [1.54, 1.807) is 25.3 Å². The van der Waals surface area contributed by atoms with Gasteiger partial charge in [-0.1, -0.05) is 6.92 Å². The lowest BCUT2D eigenvalue weighted by molar-refractivity contribution is 0.0977. The van der Waals surface area contributed by atoms with E-state index in [1.165, 1.54) is 0 Å². The molecule has 1 aromatic carbocycles. The maximum Gasteiger partial charge on any atom is 0.166 e. The number of ketones is 1. The summed E-state index contributed by atoms with van der Waals surface area (Å²) in [7, 11) is 5.57. The van der Waals surface area contributed by atoms with Gasteiger partial charge in [0.05, 0.1) is 12.7 Å². The van der Waals surface area contributed by atoms with E-state index in [0.717, 1.165) is 13.0 Å². The van der Waals surface area contributed by atoms with Crippen molar-refractivity contribution in [2.75, 3.05) is 34.4 Å². The smallest absolute Gasteiger partial charge is 0.166 e. The zero-order chi connectivity index (χ0) is 14.3. The molecule has 1 rings (SSSR count). The third-order valence-corrected chi connectivity index (χ3v) is 2.76. The van der Waals surface area contributed by atoms with E-state index in [2.05, 4.69) is 0 Å². The first-order valence-corrected chi connectivity index (χ1v) is 6.57. The third kappa shape index (κ3) is 5.80. The summed E-state index contributed by atoms with van der Waals surface area (Å²) < 4.78 is 10.9. The van der Waals surface area contributed by atoms with E-state index < -0.39 is 0 Å². The Labute approximate surface area is 127 Å². The van der Waals surface area contributed by atoms with Gasteiger partial charge in [-0.05, 0) is 32.6 Å². The largest absolute Gasteiger partial charge is 0.497 e. The van der Waals surface area contributed by atoms with Gasteiger partial charge in [0.25, 0.3) is 0 Å². The van der Waals surface area contributed by atoms with Crippen molar-refractivity contribution in [3.05, 3.63) is 23.8 Å². The van der Waals surface area contributed by atoms with E-state index in [9.17, 15) is 4.79 Å². The number of benzene rings is 1. The van der Waals surface area contributed by atoms with Gasteiger partial charge in [-0.25, -0.2) is 0 Å². The Hall–Kier alpha value is -1.26. The highest BCUT2D eigenvalue weighted by atomic mass is 35.5. The topological polar surface area (TPSA) is 38.8 Å². The van der Waals surface area contributed by atoms with Gasteiger partial charge in [-0.3, -0.25) is 4.79 Å². The fourth-order valence-electron chi connectivity index (χ4n) is 1.68. The molecule has 0 N–H and O–H groups in total. The first-order valence-electron chi connectivity index (χ1n) is 6.57. The van der Waals surface area contributed by atoms with Crippen LogP contribution in [0.15, 0.2) is 18.2 Å². The summed E-state index contributed by atoms with van der Waals surface area (Å²) in [6.45, 7) is 3.35. The molecule has 0 spiro atoms. The summed E-state index contributed by atoms with van der Waals surface area (Å²) in [5.41, 5.74) is 0.640. The van der Waals surface area contributed by atoms with Crippen LogP contribution in [0.4, 0.5) is 0 Å². The molecule has 0 saturated carbocycles. The van der Waals surface area contributed by atoms with E-state index in [4.69, 9.17) is 9.47 Å². The predicted octanol–water partition coefficient (Wildman–Crippen LogP) is 3.04. The summed E-state index contributed by atoms with van der Waals surface area (Å²) in [5.74, 6) is 1.43. The summed E-state index contributed by atoms with van der Waals surface area (Å²) in [6, 6.07) is 5.35. The molecule has 0 aliphatic rings. The fourth-order valence-corrected chi connectivity index (χ4v) is 1.68. The highest BCUT2D eigenvalue weighted by molar-refractivity contribution is 5.98. The molecule has 1 aromatic rings. The van der Waals surface area contributed by atoms with Crippen LogP contribution in [0, 0.1) is 0 Å². The Morgan fingerprint density at radius 1 is 1.30 bits per heavy atom. The van der Waals surface area contributed by atoms with Crippen molar-refractivity contribution < 1.29 is 14.3 Å². The number of rotatable bonds is 8. The minimum atomic E-state index is 0. The number of nitrogens with zero attached hydrogens (tertiary/aromatic N) is 1. The molecule has 5 heteroatoms. The summed E-state index contributed by atoms with van der Waals surface area (Å²) in [6.07, 6.45) is 1.37. The minimum Gasteiger partial charge on any atom is -0.497 e. The molecule has 0 atom stereocenters. The quantitative estimate of drug-likeness (QED) is 0.692. The van der Waals surface area contributed by atoms with Gasteiger partial charge in [0.2, 0.25) is 0 Å². The maximum atomic E-state index is 12.0. The fraction of sp³-hybridized carbons (Fsp3) is 0.533. The van der Waals surface area contributed by atoms with Crippen molar-refractivity contribution in [1.29, 1.82) is 0 Å². The number of Topliss-reactive ketones (excluding diaryl/α,β-unsaturated/α-hetero) is 1. The molecule has 0 radical (unpaired) electrons. The molecule has 0 fully saturated rings. The number of likely N-dealkylation sites (N-methyl/N-ethyl adjacent to an activating group) is 1. The van der Waals surface area contributed by atoms with Gasteiger partial charge in [-0.15, -0.1) is 12.4 Å². The molecule has 0 aliphatic carbocycles. The number of halogens is 1. The van der Waals surface area contributed by atoms with Crippen LogP contribution in [-0.4, -0.2) is 45.0 Å². The van der Waals surface area contributed by atoms with E-state index in [-0.39, 0.29) is 18.2 Å². The van der Waals surface area contributed by atoms with E-state index >= 15 is 0 Å². The van der Waals surface area contributed by atoms with Gasteiger partial charge in [0.1, 0.15) is 18.1 Å². The molecular weight excluding hydrogens is 278 g/mol. The van der Waals surface area contributed by atoms with Crippen molar-refractivity contribution in [3.8, 4) is 11.5 Å². The summed E-state index contributed by atoms with van der Waals surface area (Å²) in [4.78, 5) is 14.1. The van der Waals surface area contributed by atoms with Gasteiger partial charge in [0.15, 0.2) is 5.78 Å². The van der Waals surface area contributed by atoms with Gasteiger partial charge >= 0.3 is 0 Å². The zero-order valence-electron chi connectivity index (χ0n) is 12.6. The van der Waals surface area contributed by atoms with E-state index in [1.807, 2.05) is 25.9 Å². The Morgan fingerprint density at radius 3 is 2.55 bits per heavy atom. The Balaban J connectivity index is 0.00000361. The normalized spacial score (nSPS) is 10.1. The second-order valence-electron chi connectivity index (χ2n) is 4.69. The van der Waals surface area contributed by atoms with Crippen LogP contribution in [0.25, 0.3) is 0 Å². The summed E-state index contributed by atoms with van der Waals surface area (Å²) in [5, 5.41) is 0. The van der Waals surface area contributed by atoms with Gasteiger partial charge < -0.3 is 14.4 Å². The lowest BCUT2D eigenvalue weighted by Gasteiger charge is -2.14. The van der Waals surface area contributed by atoms with Crippen LogP contribution >= 0.6 is 12.4 Å². The standard InChI is InChI=1S/C15H23NO3.ClH/c1-5-6-14(17)13-8-7-12(18-4)11-15(13)19-10-9-16(2)3;/h7-8,11H,5-6,9-10H2,1-4H3;1H. The van der Waals surface area contributed by atoms with E-state index in [0.29, 0.717) is 30.1 Å². The minimum absolute atomic E-state index is 0. The Bertz CT molecular complexity index is 422. The molecule has 0 heterocycles. The second kappa shape index (κ2) is 9.61. The van der Waals surface area contributed by atoms with Crippen LogP contribution in [0.2, 0.25) is 0 Å². The highest BCUT2D eigenvalue weighted by Gasteiger charge is 2.13. The SMILES string of the molecule is CCCC(=O)c1ccc(OC)cc1OCCN(C)C.Cl. The average Bonchev–Trinajstić information content (AvgIpc) is 2.38. The molecule has 114 valence electrons. The highest BCUT2D eigenvalue weighted by Crippen LogP contribution is 2.26. The lowest BCUT2D eigenvalue weighted by Crippen LogP contribution is -2.20. The summed E-state index contributed by atoms with van der Waals surface area (Å²) >= 11 is 0. The molecule has 20 heavy (non-hydrogen) atoms. The van der Waals surface area contributed by atoms with Crippen LogP contribution in [0.5, 0.6) is 11.5 Å². The molecule has 0 amide bonds. The van der Waals surface area contributed by atoms with Crippen molar-refractivity contribution in [2.24, 2.45) is 0 Å². The first-order chi connectivity index (χ1) is 9.08. The Kier molecular flexibility index (Phi) is 9.01. The molecule has 0 saturated heterocycles. The van der Waals surface area contributed by atoms with Crippen LogP contribution in [-0.2, 0) is 0 Å². The van der Waals surface area contributed by atoms with Crippen molar-refractivity contribution in [2.45, 2.75) is 19.8 Å². The van der Waals surface area contributed by atoms with Crippen LogP contribution < -0.4 is 9.47 Å². The molecule has 4 nitrogen and oxygen atoms in total. The van der Waals surface area contributed by atoms with Crippen LogP contribution in [0.1, 0.15) is 30.1 Å². The van der Waals surface area contributed by atoms with Crippen molar-refractivity contribution in [1.82, 2.24) is 4.90 Å². The lowest BCUT2D eigenvalue weighted by atomic mass is 10.1. The number of carbonyl (C=O) groups is 1.